The summed E-state index contributed by atoms with van der Waals surface area (Å²) in [4.78, 5) is 23.5. The highest BCUT2D eigenvalue weighted by Crippen LogP contribution is 2.47. The van der Waals surface area contributed by atoms with Crippen molar-refractivity contribution in [2.24, 2.45) is 10.4 Å². The molecule has 31 heavy (non-hydrogen) atoms. The zero-order valence-electron chi connectivity index (χ0n) is 18.6. The van der Waals surface area contributed by atoms with Crippen molar-refractivity contribution in [2.45, 2.75) is 19.3 Å². The van der Waals surface area contributed by atoms with E-state index < -0.39 is 0 Å². The molecule has 2 heterocycles. The van der Waals surface area contributed by atoms with E-state index in [-0.39, 0.29) is 29.9 Å². The van der Waals surface area contributed by atoms with Crippen molar-refractivity contribution < 1.29 is 9.53 Å². The monoisotopic (exact) mass is 541 g/mol. The van der Waals surface area contributed by atoms with Crippen LogP contribution in [0.3, 0.4) is 0 Å². The Morgan fingerprint density at radius 3 is 2.32 bits per heavy atom. The van der Waals surface area contributed by atoms with Crippen LogP contribution in [0.25, 0.3) is 0 Å². The maximum absolute atomic E-state index is 12.5. The molecule has 1 N–H and O–H groups in total. The van der Waals surface area contributed by atoms with Gasteiger partial charge in [-0.15, -0.1) is 24.0 Å². The van der Waals surface area contributed by atoms with Gasteiger partial charge in [0.25, 0.3) is 0 Å². The average molecular weight is 541 g/mol. The van der Waals surface area contributed by atoms with Gasteiger partial charge in [-0.2, -0.15) is 0 Å². The number of aliphatic imine (C=N–C) groups is 1. The van der Waals surface area contributed by atoms with Crippen molar-refractivity contribution in [1.82, 2.24) is 20.0 Å². The summed E-state index contributed by atoms with van der Waals surface area (Å²) in [7, 11) is 1.87. The third-order valence-corrected chi connectivity index (χ3v) is 6.61. The Morgan fingerprint density at radius 2 is 1.71 bits per heavy atom. The number of morpholine rings is 1. The van der Waals surface area contributed by atoms with Crippen LogP contribution in [0.15, 0.2) is 35.3 Å². The number of piperazine rings is 1. The molecule has 3 aliphatic rings. The average Bonchev–Trinajstić information content (AvgIpc) is 3.56. The van der Waals surface area contributed by atoms with Crippen molar-refractivity contribution in [3.63, 3.8) is 0 Å². The molecule has 1 aromatic carbocycles. The molecule has 1 saturated carbocycles. The molecule has 1 aliphatic carbocycles. The van der Waals surface area contributed by atoms with Gasteiger partial charge in [-0.3, -0.25) is 14.7 Å². The Bertz CT molecular complexity index is 727. The van der Waals surface area contributed by atoms with Crippen LogP contribution in [0.4, 0.5) is 0 Å². The predicted molar refractivity (Wildman–Crippen MR) is 134 cm³/mol. The number of hydrogen-bond donors (Lipinski definition) is 1. The normalized spacial score (nSPS) is 21.4. The molecule has 0 bridgehead atoms. The van der Waals surface area contributed by atoms with Crippen LogP contribution in [0, 0.1) is 5.41 Å². The van der Waals surface area contributed by atoms with Gasteiger partial charge in [-0.25, -0.2) is 0 Å². The van der Waals surface area contributed by atoms with Crippen molar-refractivity contribution in [3.8, 4) is 0 Å². The number of hydrogen-bond acceptors (Lipinski definition) is 4. The molecule has 0 radical (unpaired) electrons. The van der Waals surface area contributed by atoms with Crippen LogP contribution in [0.2, 0.25) is 0 Å². The third kappa shape index (κ3) is 6.79. The SMILES string of the molecule is CN=C(NCC1(Cc2ccccc2)CC1)N1CCN(CC(=O)N2CCOCC2)CC1.I. The number of carbonyl (C=O) groups is 1. The maximum atomic E-state index is 12.5. The first-order valence-corrected chi connectivity index (χ1v) is 11.2. The lowest BCUT2D eigenvalue weighted by molar-refractivity contribution is -0.136. The van der Waals surface area contributed by atoms with E-state index in [4.69, 9.17) is 4.74 Å². The van der Waals surface area contributed by atoms with E-state index in [1.54, 1.807) is 0 Å². The van der Waals surface area contributed by atoms with Crippen molar-refractivity contribution in [2.75, 3.05) is 72.6 Å². The molecular weight excluding hydrogens is 505 g/mol. The summed E-state index contributed by atoms with van der Waals surface area (Å²) in [6.07, 6.45) is 3.70. The fourth-order valence-electron chi connectivity index (χ4n) is 4.44. The molecular formula is C23H36IN5O2. The Kier molecular flexibility index (Phi) is 8.97. The number of benzene rings is 1. The first kappa shape index (κ1) is 24.3. The Hall–Kier alpha value is -1.39. The second-order valence-corrected chi connectivity index (χ2v) is 8.82. The highest BCUT2D eigenvalue weighted by atomic mass is 127. The second kappa shape index (κ2) is 11.5. The lowest BCUT2D eigenvalue weighted by Gasteiger charge is -2.37. The van der Waals surface area contributed by atoms with Gasteiger partial charge in [0.05, 0.1) is 19.8 Å². The van der Waals surface area contributed by atoms with E-state index in [2.05, 4.69) is 50.4 Å². The maximum Gasteiger partial charge on any atom is 0.236 e. The molecule has 0 spiro atoms. The number of rotatable bonds is 6. The van der Waals surface area contributed by atoms with Crippen LogP contribution >= 0.6 is 24.0 Å². The molecule has 8 heteroatoms. The fraction of sp³-hybridized carbons (Fsp3) is 0.652. The molecule has 0 aromatic heterocycles. The quantitative estimate of drug-likeness (QED) is 0.338. The molecule has 4 rings (SSSR count). The van der Waals surface area contributed by atoms with Crippen molar-refractivity contribution >= 4 is 35.8 Å². The van der Waals surface area contributed by atoms with E-state index >= 15 is 0 Å². The highest BCUT2D eigenvalue weighted by molar-refractivity contribution is 14.0. The zero-order valence-corrected chi connectivity index (χ0v) is 20.9. The zero-order chi connectivity index (χ0) is 20.8. The Labute approximate surface area is 203 Å². The molecule has 2 saturated heterocycles. The minimum atomic E-state index is 0. The third-order valence-electron chi connectivity index (χ3n) is 6.61. The second-order valence-electron chi connectivity index (χ2n) is 8.82. The molecule has 1 aromatic rings. The van der Waals surface area contributed by atoms with E-state index in [1.807, 2.05) is 11.9 Å². The van der Waals surface area contributed by atoms with Crippen LogP contribution in [0.5, 0.6) is 0 Å². The van der Waals surface area contributed by atoms with Crippen LogP contribution in [0.1, 0.15) is 18.4 Å². The summed E-state index contributed by atoms with van der Waals surface area (Å²) >= 11 is 0. The fourth-order valence-corrected chi connectivity index (χ4v) is 4.44. The number of halogens is 1. The van der Waals surface area contributed by atoms with Gasteiger partial charge in [0.2, 0.25) is 5.91 Å². The minimum Gasteiger partial charge on any atom is -0.378 e. The first-order valence-electron chi connectivity index (χ1n) is 11.2. The van der Waals surface area contributed by atoms with Gasteiger partial charge in [0.15, 0.2) is 5.96 Å². The molecule has 1 amide bonds. The standard InChI is InChI=1S/C23H35N5O2.HI/c1-24-22(25-19-23(7-8-23)17-20-5-3-2-4-6-20)28-11-9-26(10-12-28)18-21(29)27-13-15-30-16-14-27;/h2-6H,7-19H2,1H3,(H,24,25);1H. The summed E-state index contributed by atoms with van der Waals surface area (Å²) in [6.45, 7) is 7.85. The minimum absolute atomic E-state index is 0. The van der Waals surface area contributed by atoms with Crippen molar-refractivity contribution in [1.29, 1.82) is 0 Å². The predicted octanol–water partition coefficient (Wildman–Crippen LogP) is 1.68. The van der Waals surface area contributed by atoms with Crippen LogP contribution in [-0.4, -0.2) is 99.2 Å². The number of ether oxygens (including phenoxy) is 1. The largest absolute Gasteiger partial charge is 0.378 e. The summed E-state index contributed by atoms with van der Waals surface area (Å²) < 4.78 is 5.34. The first-order chi connectivity index (χ1) is 14.7. The number of amides is 1. The van der Waals surface area contributed by atoms with Gasteiger partial charge < -0.3 is 19.9 Å². The summed E-state index contributed by atoms with van der Waals surface area (Å²) in [5, 5.41) is 3.64. The molecule has 7 nitrogen and oxygen atoms in total. The van der Waals surface area contributed by atoms with Crippen LogP contribution < -0.4 is 5.32 Å². The van der Waals surface area contributed by atoms with Gasteiger partial charge in [0.1, 0.15) is 0 Å². The van der Waals surface area contributed by atoms with E-state index in [0.29, 0.717) is 25.2 Å². The van der Waals surface area contributed by atoms with Crippen molar-refractivity contribution in [3.05, 3.63) is 35.9 Å². The Balaban J connectivity index is 0.00000272. The number of guanidine groups is 1. The summed E-state index contributed by atoms with van der Waals surface area (Å²) in [5.41, 5.74) is 1.80. The molecule has 3 fully saturated rings. The van der Waals surface area contributed by atoms with E-state index in [0.717, 1.165) is 58.2 Å². The summed E-state index contributed by atoms with van der Waals surface area (Å²) in [6, 6.07) is 10.8. The number of carbonyl (C=O) groups excluding carboxylic acids is 1. The molecule has 172 valence electrons. The molecule has 0 unspecified atom stereocenters. The van der Waals surface area contributed by atoms with E-state index in [9.17, 15) is 4.79 Å². The molecule has 0 atom stereocenters. The lowest BCUT2D eigenvalue weighted by Crippen LogP contribution is -2.55. The number of nitrogens with one attached hydrogen (secondary N) is 1. The smallest absolute Gasteiger partial charge is 0.236 e. The van der Waals surface area contributed by atoms with Crippen LogP contribution in [-0.2, 0) is 16.0 Å². The Morgan fingerprint density at radius 1 is 1.03 bits per heavy atom. The van der Waals surface area contributed by atoms with Gasteiger partial charge >= 0.3 is 0 Å². The van der Waals surface area contributed by atoms with E-state index in [1.165, 1.54) is 18.4 Å². The topological polar surface area (TPSA) is 60.4 Å². The summed E-state index contributed by atoms with van der Waals surface area (Å²) in [5.74, 6) is 1.22. The van der Waals surface area contributed by atoms with Gasteiger partial charge in [0, 0.05) is 52.9 Å². The molecule has 2 aliphatic heterocycles. The van der Waals surface area contributed by atoms with Gasteiger partial charge in [-0.05, 0) is 30.2 Å². The number of nitrogens with zero attached hydrogens (tertiary/aromatic N) is 4. The highest BCUT2D eigenvalue weighted by Gasteiger charge is 2.42. The lowest BCUT2D eigenvalue weighted by atomic mass is 9.96. The van der Waals surface area contributed by atoms with Gasteiger partial charge in [-0.1, -0.05) is 30.3 Å².